The van der Waals surface area contributed by atoms with Crippen LogP contribution in [0.15, 0.2) is 121 Å². The van der Waals surface area contributed by atoms with E-state index in [9.17, 15) is 20.4 Å². The molecule has 0 amide bonds. The minimum Gasteiger partial charge on any atom is -0.481 e. The molecule has 2 unspecified atom stereocenters. The number of carboxylic acid groups (broad SMARTS) is 1. The Morgan fingerprint density at radius 1 is 0.590 bits per heavy atom. The van der Waals surface area contributed by atoms with Crippen LogP contribution in [0.3, 0.4) is 0 Å². The molecular formula is C32H34O6Rh. The van der Waals surface area contributed by atoms with Crippen LogP contribution in [0, 0.1) is 12.2 Å². The fourth-order valence-corrected chi connectivity index (χ4v) is 3.45. The summed E-state index contributed by atoms with van der Waals surface area (Å²) in [6.07, 6.45) is -0.459. The Kier molecular flexibility index (Phi) is 16.1. The smallest absolute Gasteiger partial charge is 0.481 e. The van der Waals surface area contributed by atoms with Crippen molar-refractivity contribution in [1.29, 1.82) is 0 Å². The van der Waals surface area contributed by atoms with Crippen molar-refractivity contribution in [3.63, 3.8) is 0 Å². The molecule has 0 saturated carbocycles. The maximum Gasteiger partial charge on any atom is 2.00 e. The van der Waals surface area contributed by atoms with Gasteiger partial charge in [0.05, 0.1) is 12.2 Å². The zero-order chi connectivity index (χ0) is 27.8. The number of aliphatic carboxylic acids is 1. The minimum atomic E-state index is -0.833. The average Bonchev–Trinajstić information content (AvgIpc) is 2.95. The van der Waals surface area contributed by atoms with Gasteiger partial charge >= 0.3 is 19.5 Å². The molecule has 0 aliphatic heterocycles. The summed E-state index contributed by atoms with van der Waals surface area (Å²) < 4.78 is 0. The minimum absolute atomic E-state index is 0. The number of aliphatic hydroxyl groups excluding tert-OH is 4. The Hall–Kier alpha value is -3.45. The first-order chi connectivity index (χ1) is 18.3. The summed E-state index contributed by atoms with van der Waals surface area (Å²) in [5.41, 5.74) is 3.13. The molecule has 0 heterocycles. The Labute approximate surface area is 243 Å². The molecule has 4 aromatic rings. The van der Waals surface area contributed by atoms with Gasteiger partial charge < -0.3 is 25.5 Å². The molecule has 0 spiro atoms. The van der Waals surface area contributed by atoms with Crippen LogP contribution in [0.4, 0.5) is 0 Å². The van der Waals surface area contributed by atoms with Crippen LogP contribution in [0.2, 0.25) is 0 Å². The number of aliphatic hydroxyl groups is 4. The molecule has 0 aromatic heterocycles. The van der Waals surface area contributed by atoms with Crippen molar-refractivity contribution in [1.82, 2.24) is 0 Å². The summed E-state index contributed by atoms with van der Waals surface area (Å²) in [7, 11) is 0. The van der Waals surface area contributed by atoms with E-state index in [0.29, 0.717) is 0 Å². The normalized spacial score (nSPS) is 11.2. The Bertz CT molecular complexity index is 980. The molecule has 2 atom stereocenters. The summed E-state index contributed by atoms with van der Waals surface area (Å²) in [6, 6.07) is 37.2. The van der Waals surface area contributed by atoms with Gasteiger partial charge in [0.2, 0.25) is 0 Å². The molecule has 4 rings (SSSR count). The van der Waals surface area contributed by atoms with Gasteiger partial charge in [-0.1, -0.05) is 85.0 Å². The van der Waals surface area contributed by atoms with Crippen molar-refractivity contribution in [2.75, 3.05) is 0 Å². The van der Waals surface area contributed by atoms with Gasteiger partial charge in [0, 0.05) is 6.92 Å². The largest absolute Gasteiger partial charge is 2.00 e. The quantitative estimate of drug-likeness (QED) is 0.119. The van der Waals surface area contributed by atoms with Crippen LogP contribution in [-0.2, 0) is 24.3 Å². The molecule has 0 saturated heterocycles. The summed E-state index contributed by atoms with van der Waals surface area (Å²) in [5.74, 6) is -0.833. The van der Waals surface area contributed by atoms with Gasteiger partial charge in [0.15, 0.2) is 0 Å². The van der Waals surface area contributed by atoms with Crippen LogP contribution in [0.1, 0.15) is 54.2 Å². The predicted molar refractivity (Wildman–Crippen MR) is 147 cm³/mol. The van der Waals surface area contributed by atoms with Gasteiger partial charge in [-0.05, 0) is 24.0 Å². The Balaban J connectivity index is 0.000000336. The van der Waals surface area contributed by atoms with Crippen LogP contribution in [0.25, 0.3) is 0 Å². The fraction of sp³-hybridized carbons (Fsp3) is 0.156. The second-order valence-corrected chi connectivity index (χ2v) is 8.41. The van der Waals surface area contributed by atoms with Crippen LogP contribution in [-0.4, -0.2) is 31.5 Å². The van der Waals surface area contributed by atoms with Crippen LogP contribution < -0.4 is 0 Å². The molecule has 5 N–H and O–H groups in total. The molecule has 39 heavy (non-hydrogen) atoms. The third-order valence-electron chi connectivity index (χ3n) is 5.36. The number of carboxylic acids is 1. The van der Waals surface area contributed by atoms with Crippen molar-refractivity contribution in [2.45, 2.75) is 32.0 Å². The molecule has 0 bridgehead atoms. The second kappa shape index (κ2) is 18.7. The second-order valence-electron chi connectivity index (χ2n) is 8.41. The van der Waals surface area contributed by atoms with Gasteiger partial charge in [-0.15, -0.1) is 24.3 Å². The van der Waals surface area contributed by atoms with E-state index in [1.54, 1.807) is 0 Å². The maximum atomic E-state index is 9.97. The van der Waals surface area contributed by atoms with E-state index in [4.69, 9.17) is 9.90 Å². The summed E-state index contributed by atoms with van der Waals surface area (Å²) >= 11 is 0. The first kappa shape index (κ1) is 33.6. The van der Waals surface area contributed by atoms with E-state index in [1.165, 1.54) is 0 Å². The van der Waals surface area contributed by atoms with Crippen molar-refractivity contribution >= 4 is 5.97 Å². The molecule has 6 nitrogen and oxygen atoms in total. The van der Waals surface area contributed by atoms with Gasteiger partial charge in [-0.25, -0.2) is 0 Å². The maximum absolute atomic E-state index is 9.97. The van der Waals surface area contributed by atoms with Gasteiger partial charge in [-0.3, -0.25) is 4.79 Å². The number of hydrogen-bond donors (Lipinski definition) is 5. The number of rotatable bonds is 8. The van der Waals surface area contributed by atoms with Crippen molar-refractivity contribution in [3.05, 3.63) is 156 Å². The number of hydrogen-bond acceptors (Lipinski definition) is 5. The van der Waals surface area contributed by atoms with Gasteiger partial charge in [-0.2, -0.15) is 35.4 Å². The zero-order valence-electron chi connectivity index (χ0n) is 21.6. The average molecular weight is 618 g/mol. The monoisotopic (exact) mass is 617 g/mol. The molecule has 207 valence electrons. The molecule has 1 radical (unpaired) electrons. The van der Waals surface area contributed by atoms with E-state index < -0.39 is 18.2 Å². The first-order valence-electron chi connectivity index (χ1n) is 12.1. The van der Waals surface area contributed by atoms with Crippen molar-refractivity contribution in [2.24, 2.45) is 0 Å². The summed E-state index contributed by atoms with van der Waals surface area (Å²) in [5, 5.41) is 47.2. The fourth-order valence-electron chi connectivity index (χ4n) is 3.45. The molecule has 0 aliphatic rings. The predicted octanol–water partition coefficient (Wildman–Crippen LogP) is 6.21. The Morgan fingerprint density at radius 3 is 1.08 bits per heavy atom. The van der Waals surface area contributed by atoms with E-state index in [2.05, 4.69) is 0 Å². The topological polar surface area (TPSA) is 118 Å². The van der Waals surface area contributed by atoms with Crippen molar-refractivity contribution < 1.29 is 49.8 Å². The third kappa shape index (κ3) is 13.3. The molecule has 4 aromatic carbocycles. The molecule has 7 heteroatoms. The van der Waals surface area contributed by atoms with Crippen LogP contribution in [0.5, 0.6) is 0 Å². The SMILES string of the molecule is CC(=O)O.O[C-](CC(O)c1ccccc1)c1ccccc1.O[C-](CC(O)c1ccccc1)c1ccccc1.[Rh+2]. The zero-order valence-corrected chi connectivity index (χ0v) is 23.2. The van der Waals surface area contributed by atoms with Crippen molar-refractivity contribution in [3.8, 4) is 0 Å². The summed E-state index contributed by atoms with van der Waals surface area (Å²) in [6.45, 7) is 1.08. The van der Waals surface area contributed by atoms with E-state index in [1.807, 2.05) is 121 Å². The van der Waals surface area contributed by atoms with Gasteiger partial charge in [0.1, 0.15) is 0 Å². The van der Waals surface area contributed by atoms with E-state index >= 15 is 0 Å². The number of carbonyl (C=O) groups is 1. The first-order valence-corrected chi connectivity index (χ1v) is 12.1. The van der Waals surface area contributed by atoms with Crippen LogP contribution >= 0.6 is 0 Å². The molecule has 0 fully saturated rings. The molecular weight excluding hydrogens is 583 g/mol. The molecule has 0 aliphatic carbocycles. The van der Waals surface area contributed by atoms with E-state index in [-0.39, 0.29) is 44.5 Å². The number of benzene rings is 4. The summed E-state index contributed by atoms with van der Waals surface area (Å²) in [4.78, 5) is 9.00. The third-order valence-corrected chi connectivity index (χ3v) is 5.36. The van der Waals surface area contributed by atoms with Gasteiger partial charge in [0.25, 0.3) is 5.97 Å². The standard InChI is InChI=1S/2C15H15O2.C2H4O2.Rh/c2*16-14(12-7-3-1-4-8-12)11-15(17)13-9-5-2-6-10-13;1-2(3)4;/h2*1-10,14,16-17H,11H2;1H3,(H,3,4);/q2*-1;;+2. The van der Waals surface area contributed by atoms with E-state index in [0.717, 1.165) is 29.2 Å². The Morgan fingerprint density at radius 2 is 0.821 bits per heavy atom.